The van der Waals surface area contributed by atoms with Gasteiger partial charge in [0, 0.05) is 18.4 Å². The molecule has 0 aromatic heterocycles. The van der Waals surface area contributed by atoms with Crippen molar-refractivity contribution in [3.05, 3.63) is 11.8 Å². The summed E-state index contributed by atoms with van der Waals surface area (Å²) in [5, 5.41) is 0. The predicted molar refractivity (Wildman–Crippen MR) is 52.3 cm³/mol. The van der Waals surface area contributed by atoms with Gasteiger partial charge in [0.25, 0.3) is 0 Å². The van der Waals surface area contributed by atoms with E-state index >= 15 is 0 Å². The van der Waals surface area contributed by atoms with Crippen LogP contribution >= 0.6 is 0 Å². The van der Waals surface area contributed by atoms with Gasteiger partial charge in [-0.25, -0.2) is 0 Å². The number of ketones is 1. The van der Waals surface area contributed by atoms with Crippen LogP contribution in [0.3, 0.4) is 0 Å². The predicted octanol–water partition coefficient (Wildman–Crippen LogP) is 2.54. The molecule has 0 spiro atoms. The second-order valence-corrected chi connectivity index (χ2v) is 4.27. The maximum Gasteiger partial charge on any atom is 0.162 e. The smallest absolute Gasteiger partial charge is 0.162 e. The molecule has 0 bridgehead atoms. The average Bonchev–Trinajstić information content (AvgIpc) is 2.03. The Hall–Kier alpha value is -0.790. The lowest BCUT2D eigenvalue weighted by Gasteiger charge is -2.28. The summed E-state index contributed by atoms with van der Waals surface area (Å²) in [6.07, 6.45) is 2.26. The number of allylic oxidation sites excluding steroid dienone is 2. The molecular weight excluding hydrogens is 164 g/mol. The van der Waals surface area contributed by atoms with E-state index in [0.29, 0.717) is 18.3 Å². The fraction of sp³-hybridized carbons (Fsp3) is 0.727. The number of carbonyl (C=O) groups excluding carboxylic acids is 1. The Kier molecular flexibility index (Phi) is 3.12. The molecular formula is C11H18O2. The number of hydrogen-bond donors (Lipinski definition) is 0. The highest BCUT2D eigenvalue weighted by molar-refractivity contribution is 5.91. The van der Waals surface area contributed by atoms with Crippen molar-refractivity contribution in [1.29, 1.82) is 0 Å². The first kappa shape index (κ1) is 10.3. The lowest BCUT2D eigenvalue weighted by Crippen LogP contribution is -2.28. The molecule has 1 rings (SSSR count). The molecule has 0 aromatic rings. The van der Waals surface area contributed by atoms with E-state index in [-0.39, 0.29) is 11.9 Å². The largest absolute Gasteiger partial charge is 0.494 e. The molecule has 1 unspecified atom stereocenters. The van der Waals surface area contributed by atoms with Gasteiger partial charge >= 0.3 is 0 Å². The van der Waals surface area contributed by atoms with E-state index in [1.165, 1.54) is 0 Å². The normalized spacial score (nSPS) is 23.4. The van der Waals surface area contributed by atoms with Gasteiger partial charge in [0.1, 0.15) is 11.9 Å². The van der Waals surface area contributed by atoms with Crippen LogP contribution in [0.1, 0.15) is 34.1 Å². The summed E-state index contributed by atoms with van der Waals surface area (Å²) >= 11 is 0. The molecule has 0 amide bonds. The fourth-order valence-corrected chi connectivity index (χ4v) is 1.34. The van der Waals surface area contributed by atoms with Gasteiger partial charge in [-0.2, -0.15) is 0 Å². The van der Waals surface area contributed by atoms with Crippen LogP contribution in [0.2, 0.25) is 0 Å². The number of hydrogen-bond acceptors (Lipinski definition) is 2. The third-order valence-corrected chi connectivity index (χ3v) is 2.31. The summed E-state index contributed by atoms with van der Waals surface area (Å²) in [5.41, 5.74) is 0. The Morgan fingerprint density at radius 3 is 2.46 bits per heavy atom. The number of ether oxygens (including phenoxy) is 1. The molecule has 1 heterocycles. The summed E-state index contributed by atoms with van der Waals surface area (Å²) < 4.78 is 5.72. The monoisotopic (exact) mass is 182 g/mol. The highest BCUT2D eigenvalue weighted by Crippen LogP contribution is 2.24. The van der Waals surface area contributed by atoms with Crippen LogP contribution in [0.4, 0.5) is 0 Å². The summed E-state index contributed by atoms with van der Waals surface area (Å²) in [6, 6.07) is 0. The molecule has 0 saturated carbocycles. The van der Waals surface area contributed by atoms with Gasteiger partial charge in [-0.3, -0.25) is 4.79 Å². The molecule has 0 N–H and O–H groups in total. The summed E-state index contributed by atoms with van der Waals surface area (Å²) in [4.78, 5) is 11.3. The second-order valence-electron chi connectivity index (χ2n) is 4.27. The second kappa shape index (κ2) is 3.95. The maximum atomic E-state index is 11.3. The summed E-state index contributed by atoms with van der Waals surface area (Å²) in [6.45, 7) is 8.26. The van der Waals surface area contributed by atoms with Crippen molar-refractivity contribution >= 4 is 5.78 Å². The third-order valence-electron chi connectivity index (χ3n) is 2.31. The molecule has 1 atom stereocenters. The zero-order chi connectivity index (χ0) is 10.0. The molecule has 13 heavy (non-hydrogen) atoms. The first-order chi connectivity index (χ1) is 6.00. The Morgan fingerprint density at radius 2 is 2.00 bits per heavy atom. The number of carbonyl (C=O) groups is 1. The molecule has 74 valence electrons. The van der Waals surface area contributed by atoms with Gasteiger partial charge in [-0.1, -0.05) is 27.7 Å². The van der Waals surface area contributed by atoms with Gasteiger partial charge in [0.2, 0.25) is 0 Å². The molecule has 2 nitrogen and oxygen atoms in total. The van der Waals surface area contributed by atoms with Crippen LogP contribution in [0, 0.1) is 11.8 Å². The van der Waals surface area contributed by atoms with Crippen LogP contribution in [-0.2, 0) is 9.53 Å². The molecule has 0 fully saturated rings. The molecule has 0 aromatic carbocycles. The van der Waals surface area contributed by atoms with Gasteiger partial charge in [0.15, 0.2) is 5.78 Å². The minimum absolute atomic E-state index is 0.0786. The van der Waals surface area contributed by atoms with E-state index in [1.807, 2.05) is 13.8 Å². The van der Waals surface area contributed by atoms with Crippen LogP contribution in [-0.4, -0.2) is 11.9 Å². The first-order valence-corrected chi connectivity index (χ1v) is 4.91. The topological polar surface area (TPSA) is 26.3 Å². The zero-order valence-corrected chi connectivity index (χ0v) is 8.83. The van der Waals surface area contributed by atoms with E-state index in [1.54, 1.807) is 6.08 Å². The summed E-state index contributed by atoms with van der Waals surface area (Å²) in [5.74, 6) is 1.76. The third kappa shape index (κ3) is 2.58. The highest BCUT2D eigenvalue weighted by Gasteiger charge is 2.25. The van der Waals surface area contributed by atoms with Crippen LogP contribution < -0.4 is 0 Å². The van der Waals surface area contributed by atoms with Gasteiger partial charge in [-0.15, -0.1) is 0 Å². The Balaban J connectivity index is 2.73. The lowest BCUT2D eigenvalue weighted by atomic mass is 9.97. The van der Waals surface area contributed by atoms with Crippen molar-refractivity contribution in [3.8, 4) is 0 Å². The van der Waals surface area contributed by atoms with Crippen LogP contribution in [0.5, 0.6) is 0 Å². The Bertz CT molecular complexity index is 226. The van der Waals surface area contributed by atoms with Gasteiger partial charge < -0.3 is 4.74 Å². The summed E-state index contributed by atoms with van der Waals surface area (Å²) in [7, 11) is 0. The van der Waals surface area contributed by atoms with Crippen molar-refractivity contribution in [2.45, 2.75) is 40.2 Å². The molecule has 0 saturated heterocycles. The Morgan fingerprint density at radius 1 is 1.38 bits per heavy atom. The van der Waals surface area contributed by atoms with Gasteiger partial charge in [0.05, 0.1) is 0 Å². The quantitative estimate of drug-likeness (QED) is 0.656. The average molecular weight is 182 g/mol. The fourth-order valence-electron chi connectivity index (χ4n) is 1.34. The molecule has 1 aliphatic heterocycles. The van der Waals surface area contributed by atoms with Crippen molar-refractivity contribution in [3.63, 3.8) is 0 Å². The molecule has 0 radical (unpaired) electrons. The number of rotatable bonds is 2. The van der Waals surface area contributed by atoms with E-state index < -0.39 is 0 Å². The minimum Gasteiger partial charge on any atom is -0.494 e. The Labute approximate surface area is 80.0 Å². The molecule has 1 aliphatic rings. The van der Waals surface area contributed by atoms with Crippen molar-refractivity contribution in [2.75, 3.05) is 0 Å². The van der Waals surface area contributed by atoms with E-state index in [9.17, 15) is 4.79 Å². The van der Waals surface area contributed by atoms with Crippen molar-refractivity contribution < 1.29 is 9.53 Å². The highest BCUT2D eigenvalue weighted by atomic mass is 16.5. The first-order valence-electron chi connectivity index (χ1n) is 4.91. The lowest BCUT2D eigenvalue weighted by molar-refractivity contribution is -0.119. The maximum absolute atomic E-state index is 11.3. The van der Waals surface area contributed by atoms with Crippen molar-refractivity contribution in [2.24, 2.45) is 11.8 Å². The minimum atomic E-state index is 0.0786. The van der Waals surface area contributed by atoms with Crippen LogP contribution in [0.15, 0.2) is 11.8 Å². The zero-order valence-electron chi connectivity index (χ0n) is 8.83. The van der Waals surface area contributed by atoms with E-state index in [0.717, 1.165) is 5.76 Å². The standard InChI is InChI=1S/C11H18O2/c1-7(2)10-5-9(12)6-11(13-10)8(3)4/h5,7-8,11H,6H2,1-4H3. The van der Waals surface area contributed by atoms with Crippen molar-refractivity contribution in [1.82, 2.24) is 0 Å². The van der Waals surface area contributed by atoms with E-state index in [4.69, 9.17) is 4.74 Å². The SMILES string of the molecule is CC(C)C1=CC(=O)CC(C(C)C)O1. The van der Waals surface area contributed by atoms with Crippen LogP contribution in [0.25, 0.3) is 0 Å². The molecule has 2 heteroatoms. The molecule has 0 aliphatic carbocycles. The van der Waals surface area contributed by atoms with E-state index in [2.05, 4.69) is 13.8 Å². The van der Waals surface area contributed by atoms with Gasteiger partial charge in [-0.05, 0) is 5.92 Å².